The number of hydrogen-bond acceptors (Lipinski definition) is 4. The van der Waals surface area contributed by atoms with Crippen LogP contribution in [0, 0.1) is 5.92 Å². The number of benzene rings is 1. The highest BCUT2D eigenvalue weighted by Crippen LogP contribution is 2.21. The van der Waals surface area contributed by atoms with Crippen molar-refractivity contribution in [3.05, 3.63) is 47.8 Å². The second kappa shape index (κ2) is 7.15. The number of carbonyl (C=O) groups is 1. The highest BCUT2D eigenvalue weighted by Gasteiger charge is 2.30. The third-order valence-electron chi connectivity index (χ3n) is 4.31. The van der Waals surface area contributed by atoms with E-state index in [-0.39, 0.29) is 30.4 Å². The molecule has 0 bridgehead atoms. The van der Waals surface area contributed by atoms with Crippen LogP contribution in [-0.2, 0) is 4.74 Å². The Morgan fingerprint density at radius 1 is 1.38 bits per heavy atom. The summed E-state index contributed by atoms with van der Waals surface area (Å²) < 4.78 is 6.94. The Kier molecular flexibility index (Phi) is 4.97. The van der Waals surface area contributed by atoms with Crippen LogP contribution in [0.2, 0.25) is 0 Å². The van der Waals surface area contributed by atoms with E-state index in [4.69, 9.17) is 4.74 Å². The van der Waals surface area contributed by atoms with Gasteiger partial charge in [0, 0.05) is 11.6 Å². The molecule has 0 spiro atoms. The molecule has 3 rings (SSSR count). The van der Waals surface area contributed by atoms with Crippen molar-refractivity contribution in [3.8, 4) is 5.69 Å². The monoisotopic (exact) mass is 329 g/mol. The molecule has 6 heteroatoms. The molecule has 1 aliphatic rings. The maximum absolute atomic E-state index is 12.5. The first-order valence-electron chi connectivity index (χ1n) is 8.25. The molecule has 1 fully saturated rings. The third-order valence-corrected chi connectivity index (χ3v) is 4.31. The molecule has 0 aliphatic carbocycles. The van der Waals surface area contributed by atoms with Gasteiger partial charge in [-0.15, -0.1) is 0 Å². The van der Waals surface area contributed by atoms with Crippen LogP contribution < -0.4 is 5.32 Å². The molecule has 2 N–H and O–H groups in total. The summed E-state index contributed by atoms with van der Waals surface area (Å²) in [6.07, 6.45) is 0. The lowest BCUT2D eigenvalue weighted by molar-refractivity contribution is -0.0561. The minimum Gasteiger partial charge on any atom is -0.394 e. The zero-order chi connectivity index (χ0) is 17.1. The fraction of sp³-hybridized carbons (Fsp3) is 0.444. The first kappa shape index (κ1) is 16.7. The second-order valence-electron chi connectivity index (χ2n) is 6.42. The first-order chi connectivity index (χ1) is 11.6. The van der Waals surface area contributed by atoms with E-state index in [1.807, 2.05) is 36.4 Å². The van der Waals surface area contributed by atoms with Crippen LogP contribution in [0.1, 0.15) is 35.9 Å². The molecule has 0 saturated carbocycles. The number of aliphatic hydroxyl groups excluding tert-OH is 1. The Morgan fingerprint density at radius 2 is 2.08 bits per heavy atom. The number of hydrogen-bond donors (Lipinski definition) is 2. The maximum atomic E-state index is 12.5. The SMILES string of the molecule is CC(C)c1cc(C(=O)NC(CO)C2COC2)nn1-c1ccccc1. The van der Waals surface area contributed by atoms with Crippen LogP contribution in [0.4, 0.5) is 0 Å². The molecular formula is C18H23N3O3. The number of rotatable bonds is 6. The largest absolute Gasteiger partial charge is 0.394 e. The summed E-state index contributed by atoms with van der Waals surface area (Å²) >= 11 is 0. The lowest BCUT2D eigenvalue weighted by Crippen LogP contribution is -2.50. The molecule has 1 unspecified atom stereocenters. The van der Waals surface area contributed by atoms with Crippen molar-refractivity contribution in [2.24, 2.45) is 5.92 Å². The van der Waals surface area contributed by atoms with E-state index in [1.165, 1.54) is 0 Å². The van der Waals surface area contributed by atoms with E-state index in [1.54, 1.807) is 4.68 Å². The van der Waals surface area contributed by atoms with Crippen LogP contribution >= 0.6 is 0 Å². The van der Waals surface area contributed by atoms with Crippen molar-refractivity contribution in [3.63, 3.8) is 0 Å². The van der Waals surface area contributed by atoms with Gasteiger partial charge in [0.1, 0.15) is 0 Å². The Labute approximate surface area is 141 Å². The van der Waals surface area contributed by atoms with Gasteiger partial charge < -0.3 is 15.2 Å². The molecule has 1 atom stereocenters. The topological polar surface area (TPSA) is 76.4 Å². The first-order valence-corrected chi connectivity index (χ1v) is 8.25. The number of amides is 1. The van der Waals surface area contributed by atoms with Crippen molar-refractivity contribution in [2.75, 3.05) is 19.8 Å². The number of para-hydroxylation sites is 1. The standard InChI is InChI=1S/C18H23N3O3/c1-12(2)17-8-15(20-21(17)14-6-4-3-5-7-14)18(23)19-16(9-22)13-10-24-11-13/h3-8,12-13,16,22H,9-11H2,1-2H3,(H,19,23). The van der Waals surface area contributed by atoms with Gasteiger partial charge in [-0.25, -0.2) is 4.68 Å². The highest BCUT2D eigenvalue weighted by molar-refractivity contribution is 5.92. The smallest absolute Gasteiger partial charge is 0.272 e. The van der Waals surface area contributed by atoms with Gasteiger partial charge in [0.2, 0.25) is 0 Å². The van der Waals surface area contributed by atoms with Gasteiger partial charge >= 0.3 is 0 Å². The van der Waals surface area contributed by atoms with Gasteiger partial charge in [-0.3, -0.25) is 4.79 Å². The molecule has 0 radical (unpaired) electrons. The number of carbonyl (C=O) groups excluding carboxylic acids is 1. The normalized spacial score (nSPS) is 16.0. The number of ether oxygens (including phenoxy) is 1. The Morgan fingerprint density at radius 3 is 2.62 bits per heavy atom. The summed E-state index contributed by atoms with van der Waals surface area (Å²) in [6, 6.07) is 11.3. The zero-order valence-corrected chi connectivity index (χ0v) is 14.0. The number of nitrogens with zero attached hydrogens (tertiary/aromatic N) is 2. The van der Waals surface area contributed by atoms with Gasteiger partial charge in [0.15, 0.2) is 5.69 Å². The highest BCUT2D eigenvalue weighted by atomic mass is 16.5. The average Bonchev–Trinajstić information content (AvgIpc) is 2.99. The number of nitrogens with one attached hydrogen (secondary N) is 1. The third kappa shape index (κ3) is 3.34. The predicted octanol–water partition coefficient (Wildman–Crippen LogP) is 1.73. The molecule has 1 aromatic heterocycles. The average molecular weight is 329 g/mol. The Hall–Kier alpha value is -2.18. The van der Waals surface area contributed by atoms with Crippen molar-refractivity contribution in [1.82, 2.24) is 15.1 Å². The summed E-state index contributed by atoms with van der Waals surface area (Å²) in [5, 5.41) is 16.8. The van der Waals surface area contributed by atoms with Crippen molar-refractivity contribution < 1.29 is 14.6 Å². The minimum atomic E-state index is -0.296. The molecule has 2 aromatic rings. The van der Waals surface area contributed by atoms with E-state index >= 15 is 0 Å². The Bertz CT molecular complexity index is 693. The summed E-state index contributed by atoms with van der Waals surface area (Å²) in [4.78, 5) is 12.5. The molecule has 1 amide bonds. The molecule has 128 valence electrons. The van der Waals surface area contributed by atoms with Gasteiger partial charge in [-0.05, 0) is 24.1 Å². The summed E-state index contributed by atoms with van der Waals surface area (Å²) in [6.45, 7) is 5.18. The fourth-order valence-corrected chi connectivity index (χ4v) is 2.73. The summed E-state index contributed by atoms with van der Waals surface area (Å²) in [5.74, 6) is 0.130. The van der Waals surface area contributed by atoms with Crippen LogP contribution in [0.3, 0.4) is 0 Å². The van der Waals surface area contributed by atoms with Gasteiger partial charge in [-0.2, -0.15) is 5.10 Å². The van der Waals surface area contributed by atoms with E-state index in [0.717, 1.165) is 11.4 Å². The number of aliphatic hydroxyl groups is 1. The predicted molar refractivity (Wildman–Crippen MR) is 90.3 cm³/mol. The fourth-order valence-electron chi connectivity index (χ4n) is 2.73. The van der Waals surface area contributed by atoms with E-state index in [2.05, 4.69) is 24.3 Å². The van der Waals surface area contributed by atoms with Crippen LogP contribution in [0.5, 0.6) is 0 Å². The minimum absolute atomic E-state index is 0.101. The lowest BCUT2D eigenvalue weighted by Gasteiger charge is -2.32. The molecule has 2 heterocycles. The second-order valence-corrected chi connectivity index (χ2v) is 6.42. The lowest BCUT2D eigenvalue weighted by atomic mass is 9.98. The zero-order valence-electron chi connectivity index (χ0n) is 14.0. The van der Waals surface area contributed by atoms with E-state index < -0.39 is 0 Å². The molecule has 1 saturated heterocycles. The van der Waals surface area contributed by atoms with E-state index in [0.29, 0.717) is 18.9 Å². The molecule has 1 aliphatic heterocycles. The quantitative estimate of drug-likeness (QED) is 0.846. The van der Waals surface area contributed by atoms with Crippen LogP contribution in [-0.4, -0.2) is 46.7 Å². The van der Waals surface area contributed by atoms with Gasteiger partial charge in [0.25, 0.3) is 5.91 Å². The molecular weight excluding hydrogens is 306 g/mol. The summed E-state index contributed by atoms with van der Waals surface area (Å²) in [7, 11) is 0. The van der Waals surface area contributed by atoms with Crippen LogP contribution in [0.15, 0.2) is 36.4 Å². The van der Waals surface area contributed by atoms with Gasteiger partial charge in [-0.1, -0.05) is 32.0 Å². The molecule has 6 nitrogen and oxygen atoms in total. The van der Waals surface area contributed by atoms with Crippen molar-refractivity contribution in [2.45, 2.75) is 25.8 Å². The van der Waals surface area contributed by atoms with Gasteiger partial charge in [0.05, 0.1) is 31.5 Å². The number of aromatic nitrogens is 2. The van der Waals surface area contributed by atoms with Crippen LogP contribution in [0.25, 0.3) is 5.69 Å². The Balaban J connectivity index is 1.84. The summed E-state index contributed by atoms with van der Waals surface area (Å²) in [5.41, 5.74) is 2.26. The van der Waals surface area contributed by atoms with E-state index in [9.17, 15) is 9.90 Å². The van der Waals surface area contributed by atoms with Crippen molar-refractivity contribution in [1.29, 1.82) is 0 Å². The molecule has 1 aromatic carbocycles. The van der Waals surface area contributed by atoms with Crippen molar-refractivity contribution >= 4 is 5.91 Å². The maximum Gasteiger partial charge on any atom is 0.272 e. The molecule has 24 heavy (non-hydrogen) atoms.